The van der Waals surface area contributed by atoms with Crippen molar-refractivity contribution >= 4 is 23.4 Å². The first kappa shape index (κ1) is 14.9. The number of hydrogen-bond donors (Lipinski definition) is 1. The monoisotopic (exact) mass is 275 g/mol. The van der Waals surface area contributed by atoms with Gasteiger partial charge in [0.2, 0.25) is 0 Å². The molecule has 0 aliphatic carbocycles. The predicted molar refractivity (Wildman–Crippen MR) is 76.8 cm³/mol. The van der Waals surface area contributed by atoms with Crippen LogP contribution in [0.2, 0.25) is 5.02 Å². The van der Waals surface area contributed by atoms with E-state index >= 15 is 0 Å². The van der Waals surface area contributed by atoms with Crippen LogP contribution in [0.25, 0.3) is 0 Å². The zero-order valence-electron chi connectivity index (χ0n) is 11.2. The molecule has 0 aromatic carbocycles. The number of rotatable bonds is 4. The van der Waals surface area contributed by atoms with Crippen LogP contribution in [0.4, 0.5) is 0 Å². The topological polar surface area (TPSA) is 43.8 Å². The Balaban J connectivity index is 2.81. The zero-order valence-corrected chi connectivity index (χ0v) is 12.8. The Morgan fingerprint density at radius 2 is 2.06 bits per heavy atom. The van der Waals surface area contributed by atoms with Gasteiger partial charge in [0.25, 0.3) is 0 Å². The van der Waals surface area contributed by atoms with E-state index in [-0.39, 0.29) is 16.8 Å². The molecule has 98 valence electrons. The van der Waals surface area contributed by atoms with Crippen molar-refractivity contribution in [2.45, 2.75) is 51.4 Å². The SMILES string of the molecule is CC(C)n1ncc(Cl)c1C(N)CSC(C)(C)C. The van der Waals surface area contributed by atoms with Gasteiger partial charge in [0, 0.05) is 16.5 Å². The summed E-state index contributed by atoms with van der Waals surface area (Å²) >= 11 is 8.01. The summed E-state index contributed by atoms with van der Waals surface area (Å²) in [4.78, 5) is 0. The quantitative estimate of drug-likeness (QED) is 0.912. The maximum absolute atomic E-state index is 6.22. The molecule has 0 fully saturated rings. The Morgan fingerprint density at radius 3 is 2.53 bits per heavy atom. The second kappa shape index (κ2) is 5.63. The van der Waals surface area contributed by atoms with Crippen LogP contribution in [0.15, 0.2) is 6.20 Å². The average Bonchev–Trinajstić information content (AvgIpc) is 2.55. The minimum atomic E-state index is -0.0726. The first-order valence-corrected chi connectivity index (χ1v) is 7.21. The maximum Gasteiger partial charge on any atom is 0.0834 e. The molecule has 0 spiro atoms. The van der Waals surface area contributed by atoms with E-state index in [0.717, 1.165) is 11.4 Å². The van der Waals surface area contributed by atoms with Gasteiger partial charge in [-0.2, -0.15) is 16.9 Å². The Hall–Kier alpha value is -0.190. The number of halogens is 1. The maximum atomic E-state index is 6.22. The van der Waals surface area contributed by atoms with E-state index in [4.69, 9.17) is 17.3 Å². The highest BCUT2D eigenvalue weighted by atomic mass is 35.5. The molecule has 1 unspecified atom stereocenters. The first-order valence-electron chi connectivity index (χ1n) is 5.85. The van der Waals surface area contributed by atoms with Gasteiger partial charge in [-0.3, -0.25) is 4.68 Å². The lowest BCUT2D eigenvalue weighted by Crippen LogP contribution is -2.22. The number of thioether (sulfide) groups is 1. The van der Waals surface area contributed by atoms with Crippen molar-refractivity contribution in [1.82, 2.24) is 9.78 Å². The van der Waals surface area contributed by atoms with Crippen molar-refractivity contribution in [2.75, 3.05) is 5.75 Å². The molecule has 5 heteroatoms. The lowest BCUT2D eigenvalue weighted by atomic mass is 10.2. The largest absolute Gasteiger partial charge is 0.322 e. The molecule has 0 amide bonds. The fourth-order valence-electron chi connectivity index (χ4n) is 1.53. The van der Waals surface area contributed by atoms with E-state index in [0.29, 0.717) is 5.02 Å². The number of aromatic nitrogens is 2. The summed E-state index contributed by atoms with van der Waals surface area (Å²) in [6.07, 6.45) is 1.68. The van der Waals surface area contributed by atoms with Crippen molar-refractivity contribution in [1.29, 1.82) is 0 Å². The number of nitrogens with two attached hydrogens (primary N) is 1. The lowest BCUT2D eigenvalue weighted by Gasteiger charge is -2.22. The molecule has 0 saturated heterocycles. The van der Waals surface area contributed by atoms with Crippen LogP contribution in [-0.4, -0.2) is 20.3 Å². The third kappa shape index (κ3) is 4.19. The molecule has 1 aromatic rings. The smallest absolute Gasteiger partial charge is 0.0834 e. The van der Waals surface area contributed by atoms with E-state index in [1.54, 1.807) is 6.20 Å². The van der Waals surface area contributed by atoms with E-state index in [9.17, 15) is 0 Å². The van der Waals surface area contributed by atoms with Crippen LogP contribution in [-0.2, 0) is 0 Å². The fourth-order valence-corrected chi connectivity index (χ4v) is 2.64. The van der Waals surface area contributed by atoms with Crippen molar-refractivity contribution in [3.8, 4) is 0 Å². The second-order valence-electron chi connectivity index (χ2n) is 5.45. The Labute approximate surface area is 113 Å². The molecule has 0 saturated carbocycles. The predicted octanol–water partition coefficient (Wildman–Crippen LogP) is 3.65. The first-order chi connectivity index (χ1) is 7.72. The summed E-state index contributed by atoms with van der Waals surface area (Å²) in [6.45, 7) is 10.7. The van der Waals surface area contributed by atoms with E-state index in [1.165, 1.54) is 0 Å². The van der Waals surface area contributed by atoms with Gasteiger partial charge in [-0.15, -0.1) is 0 Å². The van der Waals surface area contributed by atoms with Crippen LogP contribution in [0.5, 0.6) is 0 Å². The molecule has 1 heterocycles. The van der Waals surface area contributed by atoms with Gasteiger partial charge < -0.3 is 5.73 Å². The van der Waals surface area contributed by atoms with Crippen LogP contribution >= 0.6 is 23.4 Å². The average molecular weight is 276 g/mol. The summed E-state index contributed by atoms with van der Waals surface area (Å²) in [7, 11) is 0. The molecule has 2 N–H and O–H groups in total. The van der Waals surface area contributed by atoms with Crippen molar-refractivity contribution < 1.29 is 0 Å². The normalized spacial score (nSPS) is 14.4. The van der Waals surface area contributed by atoms with Gasteiger partial charge in [0.1, 0.15) is 0 Å². The summed E-state index contributed by atoms with van der Waals surface area (Å²) < 4.78 is 2.13. The standard InChI is InChI=1S/C12H22ClN3S/c1-8(2)16-11(9(13)6-15-16)10(14)7-17-12(3,4)5/h6,8,10H,7,14H2,1-5H3. The van der Waals surface area contributed by atoms with Crippen LogP contribution < -0.4 is 5.73 Å². The minimum absolute atomic E-state index is 0.0726. The summed E-state index contributed by atoms with van der Waals surface area (Å²) in [5.74, 6) is 0.849. The highest BCUT2D eigenvalue weighted by Gasteiger charge is 2.21. The molecule has 0 bridgehead atoms. The molecule has 1 atom stereocenters. The van der Waals surface area contributed by atoms with Gasteiger partial charge in [-0.05, 0) is 13.8 Å². The van der Waals surface area contributed by atoms with Crippen molar-refractivity contribution in [3.05, 3.63) is 16.9 Å². The van der Waals surface area contributed by atoms with Crippen LogP contribution in [0.3, 0.4) is 0 Å². The minimum Gasteiger partial charge on any atom is -0.322 e. The van der Waals surface area contributed by atoms with Gasteiger partial charge in [-0.25, -0.2) is 0 Å². The zero-order chi connectivity index (χ0) is 13.2. The number of hydrogen-bond acceptors (Lipinski definition) is 3. The molecule has 17 heavy (non-hydrogen) atoms. The molecular formula is C12H22ClN3S. The van der Waals surface area contributed by atoms with Gasteiger partial charge in [0.15, 0.2) is 0 Å². The molecule has 1 rings (SSSR count). The van der Waals surface area contributed by atoms with E-state index in [1.807, 2.05) is 16.4 Å². The van der Waals surface area contributed by atoms with Crippen molar-refractivity contribution in [3.63, 3.8) is 0 Å². The molecule has 0 aliphatic rings. The van der Waals surface area contributed by atoms with Crippen LogP contribution in [0.1, 0.15) is 52.4 Å². The Bertz CT molecular complexity index is 368. The highest BCUT2D eigenvalue weighted by molar-refractivity contribution is 8.00. The molecule has 0 radical (unpaired) electrons. The number of nitrogens with zero attached hydrogens (tertiary/aromatic N) is 2. The van der Waals surface area contributed by atoms with E-state index < -0.39 is 0 Å². The summed E-state index contributed by atoms with van der Waals surface area (Å²) in [5, 5.41) is 4.94. The molecule has 1 aromatic heterocycles. The molecule has 3 nitrogen and oxygen atoms in total. The second-order valence-corrected chi connectivity index (χ2v) is 7.70. The van der Waals surface area contributed by atoms with Crippen molar-refractivity contribution in [2.24, 2.45) is 5.73 Å². The third-order valence-electron chi connectivity index (χ3n) is 2.32. The van der Waals surface area contributed by atoms with Gasteiger partial charge in [-0.1, -0.05) is 32.4 Å². The van der Waals surface area contributed by atoms with Crippen LogP contribution in [0, 0.1) is 0 Å². The van der Waals surface area contributed by atoms with Gasteiger partial charge >= 0.3 is 0 Å². The summed E-state index contributed by atoms with van der Waals surface area (Å²) in [6, 6.07) is 0.208. The van der Waals surface area contributed by atoms with E-state index in [2.05, 4.69) is 39.7 Å². The fraction of sp³-hybridized carbons (Fsp3) is 0.750. The molecular weight excluding hydrogens is 254 g/mol. The summed E-state index contributed by atoms with van der Waals surface area (Å²) in [5.41, 5.74) is 7.16. The van der Waals surface area contributed by atoms with Gasteiger partial charge in [0.05, 0.1) is 23.0 Å². The lowest BCUT2D eigenvalue weighted by molar-refractivity contribution is 0.495. The molecule has 0 aliphatic heterocycles. The third-order valence-corrected chi connectivity index (χ3v) is 4.01. The Kier molecular flexibility index (Phi) is 4.93. The highest BCUT2D eigenvalue weighted by Crippen LogP contribution is 2.30. The Morgan fingerprint density at radius 1 is 1.47 bits per heavy atom.